The molecule has 0 spiro atoms. The first-order valence-corrected chi connectivity index (χ1v) is 9.90. The second-order valence-corrected chi connectivity index (χ2v) is 7.24. The fourth-order valence-corrected chi connectivity index (χ4v) is 3.42. The molecule has 0 radical (unpaired) electrons. The van der Waals surface area contributed by atoms with E-state index in [1.807, 2.05) is 79.8 Å². The Morgan fingerprint density at radius 1 is 0.759 bits per heavy atom. The summed E-state index contributed by atoms with van der Waals surface area (Å²) in [5, 5.41) is 13.0. The SMILES string of the molecule is CN(CC[C@H](O)c1ccc2ccccc2c1)c1ccc(Oc2ccccc2)cc1. The quantitative estimate of drug-likeness (QED) is 0.413. The molecule has 0 bridgehead atoms. The van der Waals surface area contributed by atoms with Crippen molar-refractivity contribution in [3.05, 3.63) is 103 Å². The van der Waals surface area contributed by atoms with E-state index in [1.165, 1.54) is 5.39 Å². The zero-order valence-electron chi connectivity index (χ0n) is 16.5. The van der Waals surface area contributed by atoms with Crippen LogP contribution in [0.15, 0.2) is 97.1 Å². The average molecular weight is 383 g/mol. The Balaban J connectivity index is 1.35. The molecule has 3 nitrogen and oxygen atoms in total. The maximum atomic E-state index is 10.6. The molecular weight excluding hydrogens is 358 g/mol. The summed E-state index contributed by atoms with van der Waals surface area (Å²) >= 11 is 0. The molecule has 1 atom stereocenters. The minimum atomic E-state index is -0.484. The number of hydrogen-bond donors (Lipinski definition) is 1. The van der Waals surface area contributed by atoms with Crippen molar-refractivity contribution < 1.29 is 9.84 Å². The van der Waals surface area contributed by atoms with Crippen molar-refractivity contribution in [3.63, 3.8) is 0 Å². The summed E-state index contributed by atoms with van der Waals surface area (Å²) in [6.07, 6.45) is 0.180. The molecule has 0 unspecified atom stereocenters. The van der Waals surface area contributed by atoms with E-state index < -0.39 is 6.10 Å². The number of rotatable bonds is 7. The van der Waals surface area contributed by atoms with Gasteiger partial charge in [-0.05, 0) is 65.2 Å². The van der Waals surface area contributed by atoms with E-state index in [4.69, 9.17) is 4.74 Å². The molecular formula is C26H25NO2. The maximum absolute atomic E-state index is 10.6. The second-order valence-electron chi connectivity index (χ2n) is 7.24. The average Bonchev–Trinajstić information content (AvgIpc) is 2.78. The lowest BCUT2D eigenvalue weighted by atomic mass is 10.0. The number of benzene rings is 4. The van der Waals surface area contributed by atoms with E-state index in [9.17, 15) is 5.11 Å². The van der Waals surface area contributed by atoms with Crippen molar-refractivity contribution in [1.82, 2.24) is 0 Å². The van der Waals surface area contributed by atoms with Crippen molar-refractivity contribution in [2.45, 2.75) is 12.5 Å². The van der Waals surface area contributed by atoms with Gasteiger partial charge in [0, 0.05) is 19.3 Å². The highest BCUT2D eigenvalue weighted by Gasteiger charge is 2.10. The standard InChI is InChI=1S/C26H25NO2/c1-27(23-13-15-25(16-14-23)29-24-9-3-2-4-10-24)18-17-26(28)22-12-11-20-7-5-6-8-21(20)19-22/h2-16,19,26,28H,17-18H2,1H3/t26-/m0/s1. The van der Waals surface area contributed by atoms with Crippen LogP contribution in [0.3, 0.4) is 0 Å². The summed E-state index contributed by atoms with van der Waals surface area (Å²) in [6.45, 7) is 0.757. The Kier molecular flexibility index (Phi) is 5.78. The van der Waals surface area contributed by atoms with Crippen molar-refractivity contribution in [2.75, 3.05) is 18.5 Å². The number of hydrogen-bond acceptors (Lipinski definition) is 3. The molecule has 0 saturated carbocycles. The van der Waals surface area contributed by atoms with Gasteiger partial charge in [0.05, 0.1) is 6.10 Å². The minimum Gasteiger partial charge on any atom is -0.457 e. The molecule has 3 heteroatoms. The third-order valence-corrected chi connectivity index (χ3v) is 5.15. The molecule has 0 aliphatic rings. The van der Waals surface area contributed by atoms with Crippen LogP contribution < -0.4 is 9.64 Å². The van der Waals surface area contributed by atoms with E-state index in [-0.39, 0.29) is 0 Å². The predicted octanol–water partition coefficient (Wildman–Crippen LogP) is 6.19. The van der Waals surface area contributed by atoms with Crippen LogP contribution in [-0.2, 0) is 0 Å². The van der Waals surface area contributed by atoms with Gasteiger partial charge in [-0.3, -0.25) is 0 Å². The highest BCUT2D eigenvalue weighted by molar-refractivity contribution is 5.83. The van der Waals surface area contributed by atoms with E-state index in [0.717, 1.165) is 34.7 Å². The van der Waals surface area contributed by atoms with Gasteiger partial charge in [0.15, 0.2) is 0 Å². The van der Waals surface area contributed by atoms with E-state index >= 15 is 0 Å². The molecule has 4 aromatic carbocycles. The van der Waals surface area contributed by atoms with Gasteiger partial charge in [0.2, 0.25) is 0 Å². The first-order chi connectivity index (χ1) is 14.2. The van der Waals surface area contributed by atoms with Crippen LogP contribution in [0.25, 0.3) is 10.8 Å². The number of nitrogens with zero attached hydrogens (tertiary/aromatic N) is 1. The predicted molar refractivity (Wildman–Crippen MR) is 120 cm³/mol. The number of aliphatic hydroxyl groups excluding tert-OH is 1. The van der Waals surface area contributed by atoms with E-state index in [1.54, 1.807) is 0 Å². The molecule has 0 aromatic heterocycles. The van der Waals surface area contributed by atoms with E-state index in [2.05, 4.69) is 29.2 Å². The molecule has 4 rings (SSSR count). The Morgan fingerprint density at radius 2 is 1.41 bits per heavy atom. The highest BCUT2D eigenvalue weighted by Crippen LogP contribution is 2.26. The molecule has 0 fully saturated rings. The van der Waals surface area contributed by atoms with Gasteiger partial charge in [-0.15, -0.1) is 0 Å². The number of anilines is 1. The van der Waals surface area contributed by atoms with Crippen LogP contribution in [0.5, 0.6) is 11.5 Å². The van der Waals surface area contributed by atoms with Crippen LogP contribution >= 0.6 is 0 Å². The van der Waals surface area contributed by atoms with Gasteiger partial charge >= 0.3 is 0 Å². The lowest BCUT2D eigenvalue weighted by Gasteiger charge is -2.21. The monoisotopic (exact) mass is 383 g/mol. The zero-order valence-corrected chi connectivity index (χ0v) is 16.5. The van der Waals surface area contributed by atoms with Crippen molar-refractivity contribution >= 4 is 16.5 Å². The summed E-state index contributed by atoms with van der Waals surface area (Å²) in [7, 11) is 2.04. The molecule has 4 aromatic rings. The minimum absolute atomic E-state index is 0.484. The Bertz CT molecular complexity index is 1060. The molecule has 146 valence electrons. The van der Waals surface area contributed by atoms with Gasteiger partial charge in [-0.2, -0.15) is 0 Å². The van der Waals surface area contributed by atoms with Crippen molar-refractivity contribution in [1.29, 1.82) is 0 Å². The fourth-order valence-electron chi connectivity index (χ4n) is 3.42. The van der Waals surface area contributed by atoms with Gasteiger partial charge < -0.3 is 14.7 Å². The van der Waals surface area contributed by atoms with Crippen LogP contribution in [0.4, 0.5) is 5.69 Å². The maximum Gasteiger partial charge on any atom is 0.127 e. The Morgan fingerprint density at radius 3 is 2.17 bits per heavy atom. The largest absolute Gasteiger partial charge is 0.457 e. The Labute approximate surface area is 171 Å². The first-order valence-electron chi connectivity index (χ1n) is 9.90. The lowest BCUT2D eigenvalue weighted by Crippen LogP contribution is -2.20. The molecule has 0 aliphatic carbocycles. The summed E-state index contributed by atoms with van der Waals surface area (Å²) in [4.78, 5) is 2.15. The lowest BCUT2D eigenvalue weighted by molar-refractivity contribution is 0.170. The summed E-state index contributed by atoms with van der Waals surface area (Å²) in [5.41, 5.74) is 2.06. The van der Waals surface area contributed by atoms with Gasteiger partial charge in [-0.1, -0.05) is 54.6 Å². The van der Waals surface area contributed by atoms with Crippen LogP contribution in [0.2, 0.25) is 0 Å². The molecule has 0 heterocycles. The van der Waals surface area contributed by atoms with Crippen molar-refractivity contribution in [3.8, 4) is 11.5 Å². The third-order valence-electron chi connectivity index (χ3n) is 5.15. The van der Waals surface area contributed by atoms with Gasteiger partial charge in [0.1, 0.15) is 11.5 Å². The first kappa shape index (κ1) is 19.0. The number of para-hydroxylation sites is 1. The number of aliphatic hydroxyl groups is 1. The van der Waals surface area contributed by atoms with E-state index in [0.29, 0.717) is 6.42 Å². The highest BCUT2D eigenvalue weighted by atomic mass is 16.5. The number of fused-ring (bicyclic) bond motifs is 1. The smallest absolute Gasteiger partial charge is 0.127 e. The zero-order chi connectivity index (χ0) is 20.1. The fraction of sp³-hybridized carbons (Fsp3) is 0.154. The Hall–Kier alpha value is -3.30. The second kappa shape index (κ2) is 8.80. The van der Waals surface area contributed by atoms with Crippen molar-refractivity contribution in [2.24, 2.45) is 0 Å². The molecule has 0 amide bonds. The third kappa shape index (κ3) is 4.76. The van der Waals surface area contributed by atoms with Crippen LogP contribution in [-0.4, -0.2) is 18.7 Å². The van der Waals surface area contributed by atoms with Crippen LogP contribution in [0.1, 0.15) is 18.1 Å². The van der Waals surface area contributed by atoms with Crippen LogP contribution in [0, 0.1) is 0 Å². The summed E-state index contributed by atoms with van der Waals surface area (Å²) in [6, 6.07) is 32.2. The molecule has 29 heavy (non-hydrogen) atoms. The van der Waals surface area contributed by atoms with Gasteiger partial charge in [0.25, 0.3) is 0 Å². The summed E-state index contributed by atoms with van der Waals surface area (Å²) in [5.74, 6) is 1.64. The molecule has 0 saturated heterocycles. The topological polar surface area (TPSA) is 32.7 Å². The normalized spacial score (nSPS) is 11.9. The number of ether oxygens (including phenoxy) is 1. The molecule has 0 aliphatic heterocycles. The summed E-state index contributed by atoms with van der Waals surface area (Å²) < 4.78 is 5.85. The van der Waals surface area contributed by atoms with Gasteiger partial charge in [-0.25, -0.2) is 0 Å². The molecule has 1 N–H and O–H groups in total.